The van der Waals surface area contributed by atoms with Gasteiger partial charge in [0.15, 0.2) is 9.84 Å². The number of anilines is 2. The van der Waals surface area contributed by atoms with E-state index in [4.69, 9.17) is 23.2 Å². The van der Waals surface area contributed by atoms with Crippen molar-refractivity contribution in [1.82, 2.24) is 0 Å². The number of nitro benzene ring substituents is 1. The first kappa shape index (κ1) is 23.5. The van der Waals surface area contributed by atoms with E-state index < -0.39 is 20.8 Å². The van der Waals surface area contributed by atoms with Gasteiger partial charge in [0, 0.05) is 22.5 Å². The van der Waals surface area contributed by atoms with Crippen LogP contribution in [-0.4, -0.2) is 19.4 Å². The maximum absolute atomic E-state index is 12.9. The van der Waals surface area contributed by atoms with Crippen LogP contribution in [0.4, 0.5) is 21.9 Å². The molecule has 11 heteroatoms. The minimum absolute atomic E-state index is 0.0602. The van der Waals surface area contributed by atoms with Gasteiger partial charge in [-0.3, -0.25) is 10.1 Å². The van der Waals surface area contributed by atoms with E-state index in [-0.39, 0.29) is 32.7 Å². The third-order valence-corrected chi connectivity index (χ3v) is 6.85. The van der Waals surface area contributed by atoms with Crippen LogP contribution in [0.1, 0.15) is 11.1 Å². The molecule has 0 aliphatic heterocycles. The Labute approximate surface area is 194 Å². The van der Waals surface area contributed by atoms with E-state index in [1.807, 2.05) is 0 Å². The van der Waals surface area contributed by atoms with E-state index in [1.54, 1.807) is 43.3 Å². The molecule has 3 aromatic carbocycles. The smallest absolute Gasteiger partial charge is 0.308 e. The third kappa shape index (κ3) is 5.76. The molecule has 32 heavy (non-hydrogen) atoms. The van der Waals surface area contributed by atoms with Crippen LogP contribution in [0.3, 0.4) is 0 Å². The van der Waals surface area contributed by atoms with Crippen molar-refractivity contribution in [2.75, 3.05) is 10.6 Å². The molecule has 0 fully saturated rings. The van der Waals surface area contributed by atoms with E-state index in [1.165, 1.54) is 18.2 Å². The molecule has 0 aromatic heterocycles. The minimum Gasteiger partial charge on any atom is -0.308 e. The largest absolute Gasteiger partial charge is 0.323 e. The van der Waals surface area contributed by atoms with Gasteiger partial charge in [0.25, 0.3) is 5.69 Å². The van der Waals surface area contributed by atoms with Crippen molar-refractivity contribution >= 4 is 56.1 Å². The first-order chi connectivity index (χ1) is 15.0. The highest BCUT2D eigenvalue weighted by atomic mass is 35.5. The van der Waals surface area contributed by atoms with Gasteiger partial charge in [0.2, 0.25) is 0 Å². The molecule has 0 aliphatic carbocycles. The van der Waals surface area contributed by atoms with Crippen LogP contribution in [0.2, 0.25) is 10.0 Å². The monoisotopic (exact) mass is 493 g/mol. The van der Waals surface area contributed by atoms with Gasteiger partial charge in [0.05, 0.1) is 15.6 Å². The molecule has 0 bridgehead atoms. The van der Waals surface area contributed by atoms with Gasteiger partial charge in [-0.2, -0.15) is 0 Å². The van der Waals surface area contributed by atoms with Crippen molar-refractivity contribution in [2.45, 2.75) is 17.6 Å². The number of nitro groups is 1. The van der Waals surface area contributed by atoms with E-state index in [2.05, 4.69) is 10.6 Å². The van der Waals surface area contributed by atoms with E-state index in [0.29, 0.717) is 16.1 Å². The van der Waals surface area contributed by atoms with Crippen LogP contribution in [0.25, 0.3) is 0 Å². The van der Waals surface area contributed by atoms with Crippen LogP contribution >= 0.6 is 23.2 Å². The fourth-order valence-corrected chi connectivity index (χ4v) is 4.88. The summed E-state index contributed by atoms with van der Waals surface area (Å²) in [6.45, 7) is 1.66. The highest BCUT2D eigenvalue weighted by molar-refractivity contribution is 7.90. The Morgan fingerprint density at radius 3 is 2.19 bits per heavy atom. The molecule has 0 saturated heterocycles. The van der Waals surface area contributed by atoms with Gasteiger partial charge >= 0.3 is 6.03 Å². The summed E-state index contributed by atoms with van der Waals surface area (Å²) < 4.78 is 25.9. The normalized spacial score (nSPS) is 11.1. The Morgan fingerprint density at radius 2 is 1.56 bits per heavy atom. The summed E-state index contributed by atoms with van der Waals surface area (Å²) in [5.74, 6) is -0.227. The molecule has 0 unspecified atom stereocenters. The van der Waals surface area contributed by atoms with Crippen LogP contribution < -0.4 is 10.6 Å². The maximum Gasteiger partial charge on any atom is 0.323 e. The summed E-state index contributed by atoms with van der Waals surface area (Å²) in [5.41, 5.74) is 1.15. The fourth-order valence-electron chi connectivity index (χ4n) is 2.91. The van der Waals surface area contributed by atoms with Gasteiger partial charge in [0.1, 0.15) is 5.02 Å². The molecule has 3 aromatic rings. The summed E-state index contributed by atoms with van der Waals surface area (Å²) in [6, 6.07) is 14.1. The minimum atomic E-state index is -3.70. The topological polar surface area (TPSA) is 118 Å². The van der Waals surface area contributed by atoms with Gasteiger partial charge in [-0.1, -0.05) is 41.4 Å². The quantitative estimate of drug-likeness (QED) is 0.330. The summed E-state index contributed by atoms with van der Waals surface area (Å²) in [7, 11) is -3.70. The van der Waals surface area contributed by atoms with Gasteiger partial charge in [-0.25, -0.2) is 13.2 Å². The SMILES string of the molecule is Cc1ccc(NC(=O)Nc2ccc(Cl)c([N+](=O)[O-])c2)cc1S(=O)(=O)Cc1ccc(Cl)cc1. The van der Waals surface area contributed by atoms with Crippen molar-refractivity contribution in [2.24, 2.45) is 0 Å². The van der Waals surface area contributed by atoms with Crippen LogP contribution in [0.5, 0.6) is 0 Å². The zero-order chi connectivity index (χ0) is 23.5. The van der Waals surface area contributed by atoms with Crippen molar-refractivity contribution in [3.05, 3.63) is 92.0 Å². The second-order valence-corrected chi connectivity index (χ2v) is 9.67. The van der Waals surface area contributed by atoms with Gasteiger partial charge in [-0.15, -0.1) is 0 Å². The molecule has 0 aliphatic rings. The molecule has 166 valence electrons. The predicted molar refractivity (Wildman–Crippen MR) is 124 cm³/mol. The molecule has 0 atom stereocenters. The van der Waals surface area contributed by atoms with Gasteiger partial charge in [-0.05, 0) is 54.4 Å². The number of nitrogens with one attached hydrogen (secondary N) is 2. The van der Waals surface area contributed by atoms with Crippen LogP contribution in [0.15, 0.2) is 65.6 Å². The number of carbonyl (C=O) groups is 1. The lowest BCUT2D eigenvalue weighted by Gasteiger charge is -2.12. The Kier molecular flexibility index (Phi) is 7.02. The van der Waals surface area contributed by atoms with Crippen LogP contribution in [0, 0.1) is 17.0 Å². The Hall–Kier alpha value is -3.14. The Morgan fingerprint density at radius 1 is 0.969 bits per heavy atom. The second-order valence-electron chi connectivity index (χ2n) is 6.87. The number of benzene rings is 3. The molecule has 0 radical (unpaired) electrons. The Bertz CT molecular complexity index is 1300. The maximum atomic E-state index is 12.9. The molecule has 2 amide bonds. The number of urea groups is 1. The average molecular weight is 494 g/mol. The molecule has 8 nitrogen and oxygen atoms in total. The van der Waals surface area contributed by atoms with Crippen molar-refractivity contribution in [3.63, 3.8) is 0 Å². The number of hydrogen-bond donors (Lipinski definition) is 2. The zero-order valence-electron chi connectivity index (χ0n) is 16.6. The summed E-state index contributed by atoms with van der Waals surface area (Å²) in [5, 5.41) is 16.4. The molecule has 0 saturated carbocycles. The number of hydrogen-bond acceptors (Lipinski definition) is 5. The first-order valence-corrected chi connectivity index (χ1v) is 11.6. The van der Waals surface area contributed by atoms with Crippen molar-refractivity contribution < 1.29 is 18.1 Å². The summed E-state index contributed by atoms with van der Waals surface area (Å²) in [4.78, 5) is 22.7. The summed E-state index contributed by atoms with van der Waals surface area (Å²) >= 11 is 11.6. The first-order valence-electron chi connectivity index (χ1n) is 9.15. The van der Waals surface area contributed by atoms with Gasteiger partial charge < -0.3 is 10.6 Å². The number of halogens is 2. The number of sulfone groups is 1. The highest BCUT2D eigenvalue weighted by Crippen LogP contribution is 2.28. The fraction of sp³-hybridized carbons (Fsp3) is 0.0952. The number of rotatable bonds is 6. The molecule has 2 N–H and O–H groups in total. The highest BCUT2D eigenvalue weighted by Gasteiger charge is 2.19. The number of nitrogens with zero attached hydrogens (tertiary/aromatic N) is 1. The van der Waals surface area contributed by atoms with E-state index in [0.717, 1.165) is 6.07 Å². The molecule has 3 rings (SSSR count). The average Bonchev–Trinajstić information content (AvgIpc) is 2.72. The third-order valence-electron chi connectivity index (χ3n) is 4.45. The predicted octanol–water partition coefficient (Wildman–Crippen LogP) is 5.83. The number of aryl methyl sites for hydroxylation is 1. The summed E-state index contributed by atoms with van der Waals surface area (Å²) in [6.07, 6.45) is 0. The molecular weight excluding hydrogens is 477 g/mol. The van der Waals surface area contributed by atoms with Crippen molar-refractivity contribution in [3.8, 4) is 0 Å². The lowest BCUT2D eigenvalue weighted by molar-refractivity contribution is -0.384. The van der Waals surface area contributed by atoms with E-state index >= 15 is 0 Å². The lowest BCUT2D eigenvalue weighted by Crippen LogP contribution is -2.20. The van der Waals surface area contributed by atoms with E-state index in [9.17, 15) is 23.3 Å². The molecular formula is C21H17Cl2N3O5S. The molecule has 0 spiro atoms. The van der Waals surface area contributed by atoms with Crippen molar-refractivity contribution in [1.29, 1.82) is 0 Å². The number of amides is 2. The molecule has 0 heterocycles. The standard InChI is InChI=1S/C21H17Cl2N3O5S/c1-13-2-7-17(11-20(13)32(30,31)12-14-3-5-15(22)6-4-14)25-21(27)24-16-8-9-18(23)19(10-16)26(28)29/h2-11H,12H2,1H3,(H2,24,25,27). The second kappa shape index (κ2) is 9.56. The zero-order valence-corrected chi connectivity index (χ0v) is 19.0. The number of carbonyl (C=O) groups excluding carboxylic acids is 1. The lowest BCUT2D eigenvalue weighted by atomic mass is 10.2. The van der Waals surface area contributed by atoms with Crippen LogP contribution in [-0.2, 0) is 15.6 Å². The Balaban J connectivity index is 1.78.